The predicted octanol–water partition coefficient (Wildman–Crippen LogP) is 4.06. The van der Waals surface area contributed by atoms with Crippen LogP contribution in [-0.4, -0.2) is 25.3 Å². The molecule has 2 N–H and O–H groups in total. The number of hydrogen-bond acceptors (Lipinski definition) is 4. The highest BCUT2D eigenvalue weighted by Crippen LogP contribution is 2.31. The predicted molar refractivity (Wildman–Crippen MR) is 101 cm³/mol. The zero-order chi connectivity index (χ0) is 17.7. The second-order valence-electron chi connectivity index (χ2n) is 5.27. The Balaban J connectivity index is 2.01. The Morgan fingerprint density at radius 1 is 1.12 bits per heavy atom. The third kappa shape index (κ3) is 4.30. The van der Waals surface area contributed by atoms with Gasteiger partial charge in [-0.05, 0) is 49.2 Å². The monoisotopic (exact) mass is 365 g/mol. The molecule has 0 fully saturated rings. The lowest BCUT2D eigenvalue weighted by molar-refractivity contribution is 0.211. The molecule has 2 aromatic rings. The average molecular weight is 366 g/mol. The van der Waals surface area contributed by atoms with Gasteiger partial charge >= 0.3 is 0 Å². The third-order valence-corrected chi connectivity index (χ3v) is 4.29. The Morgan fingerprint density at radius 2 is 1.75 bits per heavy atom. The molecule has 0 aliphatic carbocycles. The van der Waals surface area contributed by atoms with Gasteiger partial charge in [0.15, 0.2) is 11.5 Å². The number of benzene rings is 2. The standard InChI is InChI=1S/C18H20ClNO3S/c1-11-9-13(10-12(2)16(11)19)22-7-8-23-17-14(18(20)24)5-4-6-15(17)21-3/h4-6,9-10H,7-8H2,1-3H3,(H2,20,24). The summed E-state index contributed by atoms with van der Waals surface area (Å²) in [5.74, 6) is 1.87. The first kappa shape index (κ1) is 18.4. The molecule has 6 heteroatoms. The maximum atomic E-state index is 6.15. The van der Waals surface area contributed by atoms with Crippen LogP contribution in [0.5, 0.6) is 17.2 Å². The first-order valence-corrected chi connectivity index (χ1v) is 8.21. The van der Waals surface area contributed by atoms with Crippen molar-refractivity contribution < 1.29 is 14.2 Å². The van der Waals surface area contributed by atoms with Crippen LogP contribution in [0.1, 0.15) is 16.7 Å². The van der Waals surface area contributed by atoms with Gasteiger partial charge in [0.1, 0.15) is 24.0 Å². The first-order valence-electron chi connectivity index (χ1n) is 7.43. The van der Waals surface area contributed by atoms with Crippen molar-refractivity contribution in [3.05, 3.63) is 52.0 Å². The molecule has 0 amide bonds. The van der Waals surface area contributed by atoms with E-state index < -0.39 is 0 Å². The number of aryl methyl sites for hydroxylation is 2. The van der Waals surface area contributed by atoms with Gasteiger partial charge in [0.25, 0.3) is 0 Å². The molecule has 0 unspecified atom stereocenters. The van der Waals surface area contributed by atoms with Gasteiger partial charge in [-0.2, -0.15) is 0 Å². The van der Waals surface area contributed by atoms with Crippen molar-refractivity contribution in [1.29, 1.82) is 0 Å². The molecule has 128 valence electrons. The first-order chi connectivity index (χ1) is 11.4. The van der Waals surface area contributed by atoms with E-state index in [4.69, 9.17) is 43.8 Å². The molecule has 0 spiro atoms. The zero-order valence-electron chi connectivity index (χ0n) is 13.9. The minimum Gasteiger partial charge on any atom is -0.493 e. The number of hydrogen-bond donors (Lipinski definition) is 1. The van der Waals surface area contributed by atoms with Gasteiger partial charge in [0.2, 0.25) is 0 Å². The molecule has 2 aromatic carbocycles. The van der Waals surface area contributed by atoms with Crippen molar-refractivity contribution in [2.45, 2.75) is 13.8 Å². The fourth-order valence-electron chi connectivity index (χ4n) is 2.31. The molecule has 0 aliphatic heterocycles. The van der Waals surface area contributed by atoms with Crippen molar-refractivity contribution in [2.24, 2.45) is 5.73 Å². The van der Waals surface area contributed by atoms with Crippen molar-refractivity contribution in [1.82, 2.24) is 0 Å². The summed E-state index contributed by atoms with van der Waals surface area (Å²) in [5, 5.41) is 0.758. The van der Waals surface area contributed by atoms with Crippen LogP contribution >= 0.6 is 23.8 Å². The molecule has 0 bridgehead atoms. The van der Waals surface area contributed by atoms with Gasteiger partial charge in [-0.15, -0.1) is 0 Å². The Bertz CT molecular complexity index is 726. The van der Waals surface area contributed by atoms with Crippen LogP contribution in [0, 0.1) is 13.8 Å². The van der Waals surface area contributed by atoms with Crippen LogP contribution in [0.3, 0.4) is 0 Å². The largest absolute Gasteiger partial charge is 0.493 e. The molecule has 0 aromatic heterocycles. The van der Waals surface area contributed by atoms with E-state index in [0.717, 1.165) is 21.9 Å². The normalized spacial score (nSPS) is 10.3. The summed E-state index contributed by atoms with van der Waals surface area (Å²) in [7, 11) is 1.57. The van der Waals surface area contributed by atoms with Crippen LogP contribution in [0.4, 0.5) is 0 Å². The second kappa shape index (κ2) is 8.22. The minimum absolute atomic E-state index is 0.258. The van der Waals surface area contributed by atoms with E-state index in [1.807, 2.05) is 32.0 Å². The van der Waals surface area contributed by atoms with Crippen molar-refractivity contribution in [3.8, 4) is 17.2 Å². The maximum absolute atomic E-state index is 6.15. The van der Waals surface area contributed by atoms with Gasteiger partial charge in [0, 0.05) is 5.02 Å². The van der Waals surface area contributed by atoms with Gasteiger partial charge in [-0.3, -0.25) is 0 Å². The average Bonchev–Trinajstić information content (AvgIpc) is 2.56. The summed E-state index contributed by atoms with van der Waals surface area (Å²) in [6.07, 6.45) is 0. The molecule has 0 aliphatic rings. The number of para-hydroxylation sites is 1. The SMILES string of the molecule is COc1cccc(C(N)=S)c1OCCOc1cc(C)c(Cl)c(C)c1. The lowest BCUT2D eigenvalue weighted by atomic mass is 10.1. The molecule has 0 atom stereocenters. The zero-order valence-corrected chi connectivity index (χ0v) is 15.5. The Labute approximate surface area is 152 Å². The lowest BCUT2D eigenvalue weighted by Crippen LogP contribution is -2.15. The topological polar surface area (TPSA) is 53.7 Å². The molecule has 0 radical (unpaired) electrons. The van der Waals surface area contributed by atoms with Crippen LogP contribution in [0.2, 0.25) is 5.02 Å². The van der Waals surface area contributed by atoms with Crippen LogP contribution in [-0.2, 0) is 0 Å². The fraction of sp³-hybridized carbons (Fsp3) is 0.278. The number of halogens is 1. The third-order valence-electron chi connectivity index (χ3n) is 3.47. The van der Waals surface area contributed by atoms with Gasteiger partial charge < -0.3 is 19.9 Å². The number of ether oxygens (including phenoxy) is 3. The molecular weight excluding hydrogens is 346 g/mol. The molecule has 0 heterocycles. The summed E-state index contributed by atoms with van der Waals surface area (Å²) in [5.41, 5.74) is 8.33. The van der Waals surface area contributed by atoms with E-state index in [1.54, 1.807) is 19.2 Å². The molecule has 2 rings (SSSR count). The minimum atomic E-state index is 0.258. The van der Waals surface area contributed by atoms with E-state index in [9.17, 15) is 0 Å². The van der Waals surface area contributed by atoms with E-state index in [2.05, 4.69) is 0 Å². The maximum Gasteiger partial charge on any atom is 0.171 e. The van der Waals surface area contributed by atoms with Crippen molar-refractivity contribution in [3.63, 3.8) is 0 Å². The summed E-state index contributed by atoms with van der Waals surface area (Å²) in [6.45, 7) is 4.59. The smallest absolute Gasteiger partial charge is 0.171 e. The number of methoxy groups -OCH3 is 1. The number of nitrogens with two attached hydrogens (primary N) is 1. The Hall–Kier alpha value is -1.98. The summed E-state index contributed by atoms with van der Waals surface area (Å²) in [6, 6.07) is 9.21. The Kier molecular flexibility index (Phi) is 6.29. The van der Waals surface area contributed by atoms with Gasteiger partial charge in [-0.25, -0.2) is 0 Å². The quantitative estimate of drug-likeness (QED) is 0.592. The van der Waals surface area contributed by atoms with Crippen molar-refractivity contribution >= 4 is 28.8 Å². The highest BCUT2D eigenvalue weighted by Gasteiger charge is 2.12. The number of rotatable bonds is 7. The second-order valence-corrected chi connectivity index (χ2v) is 6.09. The Morgan fingerprint density at radius 3 is 2.33 bits per heavy atom. The van der Waals surface area contributed by atoms with Gasteiger partial charge in [-0.1, -0.05) is 29.9 Å². The summed E-state index contributed by atoms with van der Waals surface area (Å²) in [4.78, 5) is 0.258. The van der Waals surface area contributed by atoms with E-state index >= 15 is 0 Å². The van der Waals surface area contributed by atoms with Crippen molar-refractivity contribution in [2.75, 3.05) is 20.3 Å². The molecule has 0 saturated heterocycles. The van der Waals surface area contributed by atoms with E-state index in [1.165, 1.54) is 0 Å². The van der Waals surface area contributed by atoms with Crippen LogP contribution < -0.4 is 19.9 Å². The number of thiocarbonyl (C=S) groups is 1. The highest BCUT2D eigenvalue weighted by molar-refractivity contribution is 7.80. The lowest BCUT2D eigenvalue weighted by Gasteiger charge is -2.15. The van der Waals surface area contributed by atoms with Gasteiger partial charge in [0.05, 0.1) is 12.7 Å². The molecule has 24 heavy (non-hydrogen) atoms. The molecular formula is C18H20ClNO3S. The summed E-state index contributed by atoms with van der Waals surface area (Å²) >= 11 is 11.2. The molecule has 0 saturated carbocycles. The van der Waals surface area contributed by atoms with E-state index in [0.29, 0.717) is 30.3 Å². The van der Waals surface area contributed by atoms with E-state index in [-0.39, 0.29) is 4.99 Å². The summed E-state index contributed by atoms with van der Waals surface area (Å²) < 4.78 is 16.8. The fourth-order valence-corrected chi connectivity index (χ4v) is 2.58. The molecule has 4 nitrogen and oxygen atoms in total. The highest BCUT2D eigenvalue weighted by atomic mass is 35.5. The van der Waals surface area contributed by atoms with Crippen LogP contribution in [0.25, 0.3) is 0 Å². The van der Waals surface area contributed by atoms with Crippen LogP contribution in [0.15, 0.2) is 30.3 Å².